The number of para-hydroxylation sites is 2. The maximum absolute atomic E-state index is 12.5. The highest BCUT2D eigenvalue weighted by molar-refractivity contribution is 5.95. The van der Waals surface area contributed by atoms with E-state index in [9.17, 15) is 4.79 Å². The Hall–Kier alpha value is -3.28. The molecule has 25 heavy (non-hydrogen) atoms. The second-order valence-electron chi connectivity index (χ2n) is 5.62. The molecule has 1 amide bonds. The Balaban J connectivity index is 1.56. The van der Waals surface area contributed by atoms with Gasteiger partial charge in [0.25, 0.3) is 5.91 Å². The Morgan fingerprint density at radius 1 is 1.20 bits per heavy atom. The Bertz CT molecular complexity index is 933. The maximum atomic E-state index is 12.5. The first kappa shape index (κ1) is 15.3. The maximum Gasteiger partial charge on any atom is 0.274 e. The lowest BCUT2D eigenvalue weighted by molar-refractivity contribution is 0.0939. The summed E-state index contributed by atoms with van der Waals surface area (Å²) in [6, 6.07) is 15.1. The molecule has 2 heterocycles. The monoisotopic (exact) mass is 336 g/mol. The van der Waals surface area contributed by atoms with Crippen LogP contribution in [0.25, 0.3) is 11.3 Å². The normalized spacial score (nSPS) is 11.9. The minimum Gasteiger partial charge on any atom is -0.496 e. The molecule has 0 spiro atoms. The topological polar surface area (TPSA) is 73.6 Å². The van der Waals surface area contributed by atoms with Crippen molar-refractivity contribution in [3.8, 4) is 22.8 Å². The summed E-state index contributed by atoms with van der Waals surface area (Å²) in [6.07, 6.45) is 0. The third kappa shape index (κ3) is 2.71. The van der Waals surface area contributed by atoms with Gasteiger partial charge < -0.3 is 19.3 Å². The van der Waals surface area contributed by atoms with E-state index in [4.69, 9.17) is 14.0 Å². The summed E-state index contributed by atoms with van der Waals surface area (Å²) in [7, 11) is 1.60. The molecule has 1 aliphatic heterocycles. The van der Waals surface area contributed by atoms with E-state index in [1.54, 1.807) is 7.11 Å². The first-order valence-electron chi connectivity index (χ1n) is 7.88. The van der Waals surface area contributed by atoms with Crippen molar-refractivity contribution in [1.29, 1.82) is 0 Å². The van der Waals surface area contributed by atoms with E-state index in [0.29, 0.717) is 17.9 Å². The molecule has 0 bridgehead atoms. The van der Waals surface area contributed by atoms with Crippen molar-refractivity contribution in [2.45, 2.75) is 13.2 Å². The van der Waals surface area contributed by atoms with Gasteiger partial charge in [0, 0.05) is 12.1 Å². The number of carbonyl (C=O) groups is 1. The van der Waals surface area contributed by atoms with E-state index in [2.05, 4.69) is 10.5 Å². The highest BCUT2D eigenvalue weighted by atomic mass is 16.5. The molecule has 126 valence electrons. The summed E-state index contributed by atoms with van der Waals surface area (Å²) < 4.78 is 16.4. The molecular formula is C19H16N2O4. The van der Waals surface area contributed by atoms with E-state index in [0.717, 1.165) is 22.6 Å². The minimum atomic E-state index is -0.307. The van der Waals surface area contributed by atoms with Crippen molar-refractivity contribution in [2.24, 2.45) is 0 Å². The molecular weight excluding hydrogens is 320 g/mol. The fourth-order valence-corrected chi connectivity index (χ4v) is 2.87. The summed E-state index contributed by atoms with van der Waals surface area (Å²) in [5.74, 6) is 1.73. The summed E-state index contributed by atoms with van der Waals surface area (Å²) in [5, 5.41) is 6.81. The molecule has 1 aromatic heterocycles. The summed E-state index contributed by atoms with van der Waals surface area (Å²) in [6.45, 7) is 0.592. The fourth-order valence-electron chi connectivity index (χ4n) is 2.87. The average molecular weight is 336 g/mol. The average Bonchev–Trinajstić information content (AvgIpc) is 3.11. The number of rotatable bonds is 4. The van der Waals surface area contributed by atoms with Gasteiger partial charge >= 0.3 is 0 Å². The van der Waals surface area contributed by atoms with E-state index < -0.39 is 0 Å². The standard InChI is InChI=1S/C19H16N2O4/c1-23-15-8-4-2-6-12(15)10-20-19(22)17-14-11-24-16-9-5-3-7-13(16)18(14)25-21-17/h2-9H,10-11H2,1H3,(H,20,22). The number of nitrogens with one attached hydrogen (secondary N) is 1. The molecule has 0 aliphatic carbocycles. The van der Waals surface area contributed by atoms with Gasteiger partial charge in [0.05, 0.1) is 18.2 Å². The molecule has 6 heteroatoms. The molecule has 1 aliphatic rings. The number of nitrogens with zero attached hydrogens (tertiary/aromatic N) is 1. The van der Waals surface area contributed by atoms with Crippen LogP contribution in [0.4, 0.5) is 0 Å². The second kappa shape index (κ2) is 6.32. The number of aromatic nitrogens is 1. The number of ether oxygens (including phenoxy) is 2. The number of amides is 1. The number of carbonyl (C=O) groups excluding carboxylic acids is 1. The molecule has 2 aromatic carbocycles. The lowest BCUT2D eigenvalue weighted by Crippen LogP contribution is -2.25. The molecule has 0 atom stereocenters. The van der Waals surface area contributed by atoms with Crippen LogP contribution in [0.3, 0.4) is 0 Å². The van der Waals surface area contributed by atoms with Crippen molar-refractivity contribution >= 4 is 5.91 Å². The van der Waals surface area contributed by atoms with Crippen LogP contribution < -0.4 is 14.8 Å². The van der Waals surface area contributed by atoms with Crippen LogP contribution >= 0.6 is 0 Å². The molecule has 0 unspecified atom stereocenters. The van der Waals surface area contributed by atoms with E-state index in [1.807, 2.05) is 48.5 Å². The highest BCUT2D eigenvalue weighted by Gasteiger charge is 2.28. The Morgan fingerprint density at radius 3 is 2.88 bits per heavy atom. The van der Waals surface area contributed by atoms with Crippen molar-refractivity contribution < 1.29 is 18.8 Å². The van der Waals surface area contributed by atoms with Gasteiger partial charge in [-0.1, -0.05) is 35.5 Å². The number of methoxy groups -OCH3 is 1. The lowest BCUT2D eigenvalue weighted by atomic mass is 10.0. The second-order valence-corrected chi connectivity index (χ2v) is 5.62. The zero-order valence-corrected chi connectivity index (χ0v) is 13.6. The lowest BCUT2D eigenvalue weighted by Gasteiger charge is -2.16. The van der Waals surface area contributed by atoms with Crippen LogP contribution in [0.15, 0.2) is 53.1 Å². The first-order chi connectivity index (χ1) is 12.3. The van der Waals surface area contributed by atoms with Gasteiger partial charge in [0.15, 0.2) is 11.5 Å². The third-order valence-corrected chi connectivity index (χ3v) is 4.14. The zero-order chi connectivity index (χ0) is 17.2. The number of benzene rings is 2. The zero-order valence-electron chi connectivity index (χ0n) is 13.6. The highest BCUT2D eigenvalue weighted by Crippen LogP contribution is 2.38. The molecule has 1 N–H and O–H groups in total. The molecule has 6 nitrogen and oxygen atoms in total. The summed E-state index contributed by atoms with van der Waals surface area (Å²) in [4.78, 5) is 12.5. The number of hydrogen-bond acceptors (Lipinski definition) is 5. The molecule has 0 saturated carbocycles. The van der Waals surface area contributed by atoms with E-state index in [-0.39, 0.29) is 18.2 Å². The molecule has 0 radical (unpaired) electrons. The van der Waals surface area contributed by atoms with Gasteiger partial charge in [-0.2, -0.15) is 0 Å². The summed E-state index contributed by atoms with van der Waals surface area (Å²) >= 11 is 0. The number of fused-ring (bicyclic) bond motifs is 3. The van der Waals surface area contributed by atoms with Crippen molar-refractivity contribution in [3.63, 3.8) is 0 Å². The first-order valence-corrected chi connectivity index (χ1v) is 7.88. The van der Waals surface area contributed by atoms with Crippen LogP contribution in [-0.4, -0.2) is 18.2 Å². The largest absolute Gasteiger partial charge is 0.496 e. The van der Waals surface area contributed by atoms with Crippen molar-refractivity contribution in [3.05, 3.63) is 65.4 Å². The van der Waals surface area contributed by atoms with Gasteiger partial charge in [-0.3, -0.25) is 4.79 Å². The molecule has 4 rings (SSSR count). The van der Waals surface area contributed by atoms with Crippen molar-refractivity contribution in [1.82, 2.24) is 10.5 Å². The van der Waals surface area contributed by atoms with Crippen LogP contribution in [0.5, 0.6) is 11.5 Å². The quantitative estimate of drug-likeness (QED) is 0.792. The SMILES string of the molecule is COc1ccccc1CNC(=O)c1noc2c1COc1ccccc1-2. The van der Waals surface area contributed by atoms with Crippen LogP contribution in [0, 0.1) is 0 Å². The van der Waals surface area contributed by atoms with Crippen LogP contribution in [0.1, 0.15) is 21.6 Å². The summed E-state index contributed by atoms with van der Waals surface area (Å²) in [5.41, 5.74) is 2.60. The Kier molecular flexibility index (Phi) is 3.85. The van der Waals surface area contributed by atoms with Gasteiger partial charge in [-0.25, -0.2) is 0 Å². The predicted octanol–water partition coefficient (Wildman–Crippen LogP) is 3.17. The minimum absolute atomic E-state index is 0.249. The van der Waals surface area contributed by atoms with Crippen molar-refractivity contribution in [2.75, 3.05) is 7.11 Å². The Morgan fingerprint density at radius 2 is 2.00 bits per heavy atom. The Labute approximate surface area is 144 Å². The fraction of sp³-hybridized carbons (Fsp3) is 0.158. The van der Waals surface area contributed by atoms with Crippen LogP contribution in [0.2, 0.25) is 0 Å². The van der Waals surface area contributed by atoms with E-state index >= 15 is 0 Å². The van der Waals surface area contributed by atoms with Gasteiger partial charge in [-0.05, 0) is 18.2 Å². The predicted molar refractivity (Wildman–Crippen MR) is 90.4 cm³/mol. The van der Waals surface area contributed by atoms with Crippen LogP contribution in [-0.2, 0) is 13.2 Å². The number of hydrogen-bond donors (Lipinski definition) is 1. The molecule has 0 fully saturated rings. The van der Waals surface area contributed by atoms with Gasteiger partial charge in [0.2, 0.25) is 0 Å². The van der Waals surface area contributed by atoms with E-state index in [1.165, 1.54) is 0 Å². The third-order valence-electron chi connectivity index (χ3n) is 4.14. The molecule has 3 aromatic rings. The molecule has 0 saturated heterocycles. The van der Waals surface area contributed by atoms with Gasteiger partial charge in [-0.15, -0.1) is 0 Å². The van der Waals surface area contributed by atoms with Gasteiger partial charge in [0.1, 0.15) is 18.1 Å². The smallest absolute Gasteiger partial charge is 0.274 e.